The second-order valence-electron chi connectivity index (χ2n) is 9.24. The Bertz CT molecular complexity index is 1040. The first-order valence-electron chi connectivity index (χ1n) is 12.2. The molecule has 1 aliphatic heterocycles. The van der Waals surface area contributed by atoms with Crippen LogP contribution >= 0.6 is 0 Å². The molecule has 6 heteroatoms. The molecule has 2 N–H and O–H groups in total. The van der Waals surface area contributed by atoms with Crippen molar-refractivity contribution < 1.29 is 4.79 Å². The van der Waals surface area contributed by atoms with E-state index in [1.165, 1.54) is 44.1 Å². The summed E-state index contributed by atoms with van der Waals surface area (Å²) in [5.41, 5.74) is 3.17. The molecular formula is C26H33N5O. The summed E-state index contributed by atoms with van der Waals surface area (Å²) in [4.78, 5) is 20.0. The van der Waals surface area contributed by atoms with Crippen LogP contribution < -0.4 is 5.32 Å². The maximum Gasteiger partial charge on any atom is 0.223 e. The number of hydrogen-bond donors (Lipinski definition) is 2. The molecule has 6 nitrogen and oxygen atoms in total. The molecule has 1 saturated heterocycles. The van der Waals surface area contributed by atoms with Gasteiger partial charge in [0.1, 0.15) is 5.82 Å². The molecule has 32 heavy (non-hydrogen) atoms. The van der Waals surface area contributed by atoms with Crippen molar-refractivity contribution in [1.29, 1.82) is 0 Å². The lowest BCUT2D eigenvalue weighted by Gasteiger charge is -2.36. The largest absolute Gasteiger partial charge is 0.367 e. The van der Waals surface area contributed by atoms with Crippen molar-refractivity contribution in [1.82, 2.24) is 20.1 Å². The Hall–Kier alpha value is -2.89. The molecule has 168 valence electrons. The molecule has 2 fully saturated rings. The highest BCUT2D eigenvalue weighted by atomic mass is 16.2. The molecule has 3 aromatic rings. The van der Waals surface area contributed by atoms with E-state index in [-0.39, 0.29) is 11.9 Å². The van der Waals surface area contributed by atoms with Crippen molar-refractivity contribution in [2.75, 3.05) is 11.9 Å². The lowest BCUT2D eigenvalue weighted by atomic mass is 9.94. The third kappa shape index (κ3) is 4.50. The van der Waals surface area contributed by atoms with Gasteiger partial charge >= 0.3 is 0 Å². The first-order valence-corrected chi connectivity index (χ1v) is 12.2. The third-order valence-electron chi connectivity index (χ3n) is 7.08. The number of aromatic amines is 1. The zero-order chi connectivity index (χ0) is 21.8. The Labute approximate surface area is 189 Å². The number of aryl methyl sites for hydroxylation is 1. The quantitative estimate of drug-likeness (QED) is 0.549. The second kappa shape index (κ2) is 9.72. The average Bonchev–Trinajstić information content (AvgIpc) is 3.28. The number of benzene rings is 1. The minimum absolute atomic E-state index is 0.196. The van der Waals surface area contributed by atoms with Crippen LogP contribution in [0.5, 0.6) is 0 Å². The summed E-state index contributed by atoms with van der Waals surface area (Å²) in [5.74, 6) is 1.14. The van der Waals surface area contributed by atoms with Gasteiger partial charge in [-0.1, -0.05) is 49.6 Å². The summed E-state index contributed by atoms with van der Waals surface area (Å²) in [7, 11) is 0. The van der Waals surface area contributed by atoms with Gasteiger partial charge < -0.3 is 10.2 Å². The summed E-state index contributed by atoms with van der Waals surface area (Å²) in [5, 5.41) is 12.4. The number of pyridine rings is 1. The van der Waals surface area contributed by atoms with Crippen LogP contribution in [0.4, 0.5) is 5.82 Å². The van der Waals surface area contributed by atoms with Crippen LogP contribution in [0.3, 0.4) is 0 Å². The second-order valence-corrected chi connectivity index (χ2v) is 9.24. The zero-order valence-corrected chi connectivity index (χ0v) is 18.7. The molecule has 5 rings (SSSR count). The van der Waals surface area contributed by atoms with Crippen LogP contribution in [0.15, 0.2) is 42.6 Å². The summed E-state index contributed by atoms with van der Waals surface area (Å²) in [6.45, 7) is 0.845. The highest BCUT2D eigenvalue weighted by molar-refractivity contribution is 5.92. The summed E-state index contributed by atoms with van der Waals surface area (Å²) in [6, 6.07) is 13.1. The minimum atomic E-state index is 0.196. The highest BCUT2D eigenvalue weighted by Gasteiger charge is 2.28. The molecule has 1 saturated carbocycles. The predicted octanol–water partition coefficient (Wildman–Crippen LogP) is 5.39. The molecule has 0 bridgehead atoms. The van der Waals surface area contributed by atoms with Crippen LogP contribution in [0.1, 0.15) is 75.1 Å². The third-order valence-corrected chi connectivity index (χ3v) is 7.08. The fourth-order valence-electron chi connectivity index (χ4n) is 5.38. The van der Waals surface area contributed by atoms with Crippen molar-refractivity contribution in [3.8, 4) is 0 Å². The summed E-state index contributed by atoms with van der Waals surface area (Å²) in [6.07, 6.45) is 12.5. The fraction of sp³-hybridized carbons (Fsp3) is 0.500. The van der Waals surface area contributed by atoms with Gasteiger partial charge in [0.2, 0.25) is 5.91 Å². The Balaban J connectivity index is 1.30. The van der Waals surface area contributed by atoms with Gasteiger partial charge in [0.15, 0.2) is 0 Å². The van der Waals surface area contributed by atoms with Gasteiger partial charge in [-0.05, 0) is 50.2 Å². The van der Waals surface area contributed by atoms with Gasteiger partial charge in [-0.25, -0.2) is 4.98 Å². The standard InChI is InChI=1S/C26H33N5O/c32-24(31-18-8-7-13-23(31)19-9-3-1-4-10-19)15-14-21-25-22(30-29-21)16-17-27-26(25)28-20-11-5-2-6-12-20/h1,3-4,9-10,16-17,20,23H,2,5-8,11-15,18H2,(H,27,28)(H,29,30). The number of nitrogens with one attached hydrogen (secondary N) is 2. The Morgan fingerprint density at radius 3 is 2.69 bits per heavy atom. The van der Waals surface area contributed by atoms with Gasteiger partial charge in [-0.3, -0.25) is 9.89 Å². The maximum atomic E-state index is 13.3. The summed E-state index contributed by atoms with van der Waals surface area (Å²) >= 11 is 0. The number of amides is 1. The number of likely N-dealkylation sites (tertiary alicyclic amines) is 1. The predicted molar refractivity (Wildman–Crippen MR) is 127 cm³/mol. The van der Waals surface area contributed by atoms with Gasteiger partial charge in [0, 0.05) is 30.9 Å². The van der Waals surface area contributed by atoms with Gasteiger partial charge in [-0.2, -0.15) is 5.10 Å². The molecule has 0 spiro atoms. The maximum absolute atomic E-state index is 13.3. The van der Waals surface area contributed by atoms with Gasteiger partial charge in [-0.15, -0.1) is 0 Å². The molecule has 1 aromatic carbocycles. The zero-order valence-electron chi connectivity index (χ0n) is 18.7. The van der Waals surface area contributed by atoms with E-state index >= 15 is 0 Å². The number of H-pyrrole nitrogens is 1. The normalized spacial score (nSPS) is 19.9. The van der Waals surface area contributed by atoms with E-state index in [4.69, 9.17) is 0 Å². The van der Waals surface area contributed by atoms with E-state index in [2.05, 4.69) is 49.7 Å². The van der Waals surface area contributed by atoms with E-state index in [0.717, 1.165) is 41.8 Å². The Morgan fingerprint density at radius 1 is 1.03 bits per heavy atom. The molecule has 2 aromatic heterocycles. The number of hydrogen-bond acceptors (Lipinski definition) is 4. The van der Waals surface area contributed by atoms with Crippen molar-refractivity contribution in [2.24, 2.45) is 0 Å². The van der Waals surface area contributed by atoms with E-state index < -0.39 is 0 Å². The number of carbonyl (C=O) groups excluding carboxylic acids is 1. The molecule has 1 unspecified atom stereocenters. The number of rotatable bonds is 6. The van der Waals surface area contributed by atoms with Crippen molar-refractivity contribution in [2.45, 2.75) is 76.3 Å². The highest BCUT2D eigenvalue weighted by Crippen LogP contribution is 2.32. The SMILES string of the molecule is O=C(CCc1[nH]nc2ccnc(NC3CCCCC3)c12)N1CCCCC1c1ccccc1. The van der Waals surface area contributed by atoms with Crippen LogP contribution in [-0.2, 0) is 11.2 Å². The monoisotopic (exact) mass is 431 g/mol. The number of nitrogens with zero attached hydrogens (tertiary/aromatic N) is 3. The molecule has 1 aliphatic carbocycles. The first kappa shape index (κ1) is 21.0. The van der Waals surface area contributed by atoms with Crippen LogP contribution in [0.2, 0.25) is 0 Å². The molecule has 2 aliphatic rings. The number of aromatic nitrogens is 3. The van der Waals surface area contributed by atoms with E-state index in [9.17, 15) is 4.79 Å². The van der Waals surface area contributed by atoms with Crippen LogP contribution in [0.25, 0.3) is 10.9 Å². The first-order chi connectivity index (χ1) is 15.8. The fourth-order valence-corrected chi connectivity index (χ4v) is 5.38. The van der Waals surface area contributed by atoms with Crippen molar-refractivity contribution in [3.05, 3.63) is 53.9 Å². The van der Waals surface area contributed by atoms with E-state index in [1.807, 2.05) is 18.3 Å². The molecule has 1 amide bonds. The lowest BCUT2D eigenvalue weighted by Crippen LogP contribution is -2.38. The number of carbonyl (C=O) groups is 1. The van der Waals surface area contributed by atoms with Crippen molar-refractivity contribution >= 4 is 22.6 Å². The average molecular weight is 432 g/mol. The summed E-state index contributed by atoms with van der Waals surface area (Å²) < 4.78 is 0. The smallest absolute Gasteiger partial charge is 0.223 e. The van der Waals surface area contributed by atoms with E-state index in [1.54, 1.807) is 0 Å². The molecule has 3 heterocycles. The topological polar surface area (TPSA) is 73.9 Å². The van der Waals surface area contributed by atoms with Crippen molar-refractivity contribution in [3.63, 3.8) is 0 Å². The lowest BCUT2D eigenvalue weighted by molar-refractivity contribution is -0.135. The van der Waals surface area contributed by atoms with Gasteiger partial charge in [0.25, 0.3) is 0 Å². The van der Waals surface area contributed by atoms with Crippen LogP contribution in [0, 0.1) is 0 Å². The molecule has 1 atom stereocenters. The molecular weight excluding hydrogens is 398 g/mol. The Morgan fingerprint density at radius 2 is 1.84 bits per heavy atom. The van der Waals surface area contributed by atoms with Gasteiger partial charge in [0.05, 0.1) is 16.9 Å². The van der Waals surface area contributed by atoms with E-state index in [0.29, 0.717) is 18.9 Å². The Kier molecular flexibility index (Phi) is 6.37. The number of fused-ring (bicyclic) bond motifs is 1. The van der Waals surface area contributed by atoms with Crippen LogP contribution in [-0.4, -0.2) is 38.6 Å². The molecule has 0 radical (unpaired) electrons. The number of piperidine rings is 1. The number of anilines is 1. The minimum Gasteiger partial charge on any atom is -0.367 e.